The first-order chi connectivity index (χ1) is 66.8. The Bertz CT molecular complexity index is 2990. The number of nitrogens with one attached hydrogen (secondary N) is 21. The summed E-state index contributed by atoms with van der Waals surface area (Å²) in [4.78, 5) is 73.8. The van der Waals surface area contributed by atoms with Gasteiger partial charge in [-0.05, 0) is 297 Å². The number of carbonyl (C=O) groups excluding carboxylic acids is 6. The van der Waals surface area contributed by atoms with Gasteiger partial charge in [0.05, 0.1) is 6.61 Å². The summed E-state index contributed by atoms with van der Waals surface area (Å²) in [5.41, 5.74) is 33.6. The molecule has 3 aliphatic heterocycles. The molecule has 3 saturated heterocycles. The molecule has 15 unspecified atom stereocenters. The first-order valence-electron chi connectivity index (χ1n) is 50.3. The van der Waals surface area contributed by atoms with Gasteiger partial charge in [0.15, 0.2) is 18.9 Å². The molecule has 9 amide bonds. The van der Waals surface area contributed by atoms with Gasteiger partial charge in [0.2, 0.25) is 0 Å². The number of carbonyl (C=O) groups is 6. The number of aliphatic hydroxyl groups excluding tert-OH is 7. The van der Waals surface area contributed by atoms with Crippen molar-refractivity contribution in [3.05, 3.63) is 35.9 Å². The number of methoxy groups -OCH3 is 1. The van der Waals surface area contributed by atoms with Crippen LogP contribution in [-0.2, 0) is 44.5 Å². The number of aliphatic hydroxyl groups is 7. The highest BCUT2D eigenvalue weighted by Gasteiger charge is 2.49. The maximum atomic E-state index is 12.7. The quantitative estimate of drug-likeness (QED) is 0.0213. The van der Waals surface area contributed by atoms with E-state index in [0.29, 0.717) is 97.8 Å². The molecule has 0 bridgehead atoms. The predicted octanol–water partition coefficient (Wildman–Crippen LogP) is -6.64. The van der Waals surface area contributed by atoms with E-state index >= 15 is 0 Å². The maximum Gasteiger partial charge on any atom is 0.407 e. The summed E-state index contributed by atoms with van der Waals surface area (Å²) >= 11 is 0. The third-order valence-corrected chi connectivity index (χ3v) is 21.9. The van der Waals surface area contributed by atoms with Crippen LogP contribution in [0.4, 0.5) is 28.8 Å². The van der Waals surface area contributed by atoms with E-state index in [0.717, 1.165) is 278 Å². The normalized spacial score (nSPS) is 21.2. The van der Waals surface area contributed by atoms with Crippen molar-refractivity contribution in [1.82, 2.24) is 112 Å². The number of alkyl carbamates (subject to hydrolysis) is 3. The Balaban J connectivity index is 0.000000698. The van der Waals surface area contributed by atoms with Crippen LogP contribution in [0.5, 0.6) is 0 Å². The van der Waals surface area contributed by atoms with E-state index in [-0.39, 0.29) is 26.4 Å². The van der Waals surface area contributed by atoms with Crippen LogP contribution in [0.15, 0.2) is 30.3 Å². The van der Waals surface area contributed by atoms with Crippen molar-refractivity contribution in [3.63, 3.8) is 0 Å². The number of rotatable bonds is 82. The zero-order chi connectivity index (χ0) is 99.9. The number of hydrogen-bond donors (Lipinski definition) is 34. The van der Waals surface area contributed by atoms with Crippen molar-refractivity contribution in [2.24, 2.45) is 34.4 Å². The van der Waals surface area contributed by atoms with Crippen molar-refractivity contribution in [2.45, 2.75) is 233 Å². The fourth-order valence-electron chi connectivity index (χ4n) is 14.0. The molecule has 15 atom stereocenters. The van der Waals surface area contributed by atoms with Crippen LogP contribution < -0.4 is 146 Å². The smallest absolute Gasteiger partial charge is 0.407 e. The van der Waals surface area contributed by atoms with Crippen molar-refractivity contribution < 1.29 is 102 Å². The van der Waals surface area contributed by atoms with Crippen LogP contribution in [-0.4, -0.2) is 427 Å². The number of amides is 9. The molecule has 4 rings (SSSR count). The average molecular weight is 1970 g/mol. The second kappa shape index (κ2) is 89.7. The van der Waals surface area contributed by atoms with Gasteiger partial charge in [0, 0.05) is 85.6 Å². The van der Waals surface area contributed by atoms with Crippen molar-refractivity contribution >= 4 is 36.4 Å². The van der Waals surface area contributed by atoms with Crippen LogP contribution in [0.25, 0.3) is 0 Å². The first-order valence-corrected chi connectivity index (χ1v) is 50.3. The Morgan fingerprint density at radius 3 is 0.803 bits per heavy atom. The van der Waals surface area contributed by atoms with Crippen LogP contribution in [0.3, 0.4) is 0 Å². The van der Waals surface area contributed by atoms with Crippen LogP contribution >= 0.6 is 0 Å². The number of hydrogen-bond acceptors (Lipinski definition) is 39. The predicted molar refractivity (Wildman–Crippen MR) is 527 cm³/mol. The number of urea groups is 3. The molecule has 0 aromatic heterocycles. The molecule has 1 aromatic rings. The van der Waals surface area contributed by atoms with Gasteiger partial charge >= 0.3 is 36.4 Å². The summed E-state index contributed by atoms with van der Waals surface area (Å²) in [6.45, 7) is 26.6. The lowest BCUT2D eigenvalue weighted by Gasteiger charge is -2.42. The molecule has 3 fully saturated rings. The molecule has 0 spiro atoms. The van der Waals surface area contributed by atoms with Crippen molar-refractivity contribution in [2.75, 3.05) is 263 Å². The van der Waals surface area contributed by atoms with Gasteiger partial charge in [-0.15, -0.1) is 0 Å². The van der Waals surface area contributed by atoms with E-state index in [4.69, 9.17) is 72.3 Å². The van der Waals surface area contributed by atoms with Gasteiger partial charge in [0.1, 0.15) is 92.9 Å². The van der Waals surface area contributed by atoms with E-state index in [1.165, 1.54) is 7.11 Å². The van der Waals surface area contributed by atoms with Crippen molar-refractivity contribution in [1.29, 1.82) is 0 Å². The van der Waals surface area contributed by atoms with Crippen LogP contribution in [0, 0.1) is 0 Å². The minimum atomic E-state index is -1.60. The lowest BCUT2D eigenvalue weighted by Crippen LogP contribution is -2.65. The number of benzene rings is 1. The number of nitrogens with two attached hydrogens (primary N) is 6. The fourth-order valence-corrected chi connectivity index (χ4v) is 14.0. The first kappa shape index (κ1) is 127. The lowest BCUT2D eigenvalue weighted by molar-refractivity contribution is -0.272. The Labute approximate surface area is 813 Å². The maximum absolute atomic E-state index is 12.7. The van der Waals surface area contributed by atoms with Gasteiger partial charge in [-0.3, -0.25) is 0 Å². The Morgan fingerprint density at radius 1 is 0.277 bits per heavy atom. The van der Waals surface area contributed by atoms with Gasteiger partial charge in [-0.1, -0.05) is 30.3 Å². The summed E-state index contributed by atoms with van der Waals surface area (Å²) in [6, 6.07) is 4.36. The second-order valence-corrected chi connectivity index (χ2v) is 33.6. The Morgan fingerprint density at radius 2 is 0.518 bits per heavy atom. The summed E-state index contributed by atoms with van der Waals surface area (Å²) in [5.74, 6) is 0. The molecule has 1 aromatic carbocycles. The average Bonchev–Trinajstić information content (AvgIpc) is 0.802. The second-order valence-electron chi connectivity index (χ2n) is 33.6. The van der Waals surface area contributed by atoms with E-state index in [1.54, 1.807) is 0 Å². The van der Waals surface area contributed by atoms with Gasteiger partial charge < -0.3 is 220 Å². The summed E-state index contributed by atoms with van der Waals surface area (Å²) in [6.07, 6.45) is 2.27. The Hall–Kier alpha value is -6.36. The molecule has 3 aliphatic rings. The minimum absolute atomic E-state index is 0.136. The molecule has 802 valence electrons. The van der Waals surface area contributed by atoms with E-state index in [2.05, 4.69) is 112 Å². The third kappa shape index (κ3) is 67.7. The van der Waals surface area contributed by atoms with Gasteiger partial charge in [-0.25, -0.2) is 28.8 Å². The number of unbranched alkanes of at least 4 members (excludes halogenated alkanes) is 6. The molecule has 137 heavy (non-hydrogen) atoms. The monoisotopic (exact) mass is 1970 g/mol. The zero-order valence-electron chi connectivity index (χ0n) is 82.0. The van der Waals surface area contributed by atoms with Crippen molar-refractivity contribution in [3.8, 4) is 0 Å². The molecular weight excluding hydrogens is 1780 g/mol. The topological polar surface area (TPSA) is 727 Å². The minimum Gasteiger partial charge on any atom is -0.447 e. The highest BCUT2D eigenvalue weighted by molar-refractivity contribution is 5.75. The van der Waals surface area contributed by atoms with E-state index in [9.17, 15) is 64.5 Å². The fraction of sp³-hybridized carbons (Fsp3) is 0.865. The van der Waals surface area contributed by atoms with E-state index in [1.807, 2.05) is 30.3 Å². The zero-order valence-corrected chi connectivity index (χ0v) is 82.0. The number of ether oxygens (including phenoxy) is 8. The lowest BCUT2D eigenvalue weighted by atomic mass is 9.97. The molecule has 40 N–H and O–H groups in total. The molecule has 48 nitrogen and oxygen atoms in total. The molecule has 0 saturated carbocycles. The molecule has 0 aliphatic carbocycles. The molecule has 48 heteroatoms. The highest BCUT2D eigenvalue weighted by Crippen LogP contribution is 2.26. The summed E-state index contributed by atoms with van der Waals surface area (Å²) in [7, 11) is 1.36. The molecular formula is C89H185N27O21. The van der Waals surface area contributed by atoms with E-state index < -0.39 is 128 Å². The standard InChI is InChI=1S/C34H65N9O7.C28H61N9O7.C27H59N9O7/c35-13-8-19-37-15-4-5-16-39-21-10-23-42-34(47)49-26-28-30(44)31(45)29(32(50-28)48-25-27-11-2-1-3-12-27)43-33(46)41-22-9-20-38-17-6-7-18-40-24-14-36;1-42-26-23(37-27(40)35-18-7-16-32-13-4-5-14-34-20-10-30)25(39)24(38)22(44-26)21-43-28(41)36-19-8-17-33-12-3-2-11-31-15-6-9-29;28-8-5-14-30-10-1-2-11-32-16-7-18-35-27(41)42-20-21-23(37)24(38)22(25(39)43-21)36-26(40)34-17-6-15-31-12-3-4-13-33-19-9-29/h1-3,11-12,28-32,37-40,44-45H,4-10,13-26,35-36H2,(H,42,47)(H2,41,43,46);22-26,31-34,38-39H,2-21,29-30H2,1H3,(H,36,41)(H2,35,37,40);21-25,30-33,37-39H,1-20,28-29H2,(H,35,41)(H2,34,36,40). The summed E-state index contributed by atoms with van der Waals surface area (Å²) < 4.78 is 43.8. The third-order valence-electron chi connectivity index (χ3n) is 21.9. The molecule has 0 radical (unpaired) electrons. The SMILES string of the molecule is COC1OC(COC(=O)NCCCNCCCCNCCCN)C(O)C(O)C1NC(=O)NCCCNCCCCNCCN.NCCCNCCCCNCCCNC(=O)OCC1OC(O)C(NC(=O)NCCCNCCCCNCCN)C(O)C1O.NCCCNCCCCNCCCNC(=O)OCC1OC(OCc2ccccc2)C(NC(=O)NCCCNCCCCNCCN)C(O)C1O. The van der Waals surface area contributed by atoms with Gasteiger partial charge in [-0.2, -0.15) is 0 Å². The Kier molecular flexibility index (Phi) is 83.0. The highest BCUT2D eigenvalue weighted by atomic mass is 16.7. The molecule has 3 heterocycles. The van der Waals surface area contributed by atoms with Crippen LogP contribution in [0.1, 0.15) is 140 Å². The summed E-state index contributed by atoms with van der Waals surface area (Å²) in [5, 5.41) is 138. The van der Waals surface area contributed by atoms with Crippen LogP contribution in [0.2, 0.25) is 0 Å². The largest absolute Gasteiger partial charge is 0.447 e. The van der Waals surface area contributed by atoms with Gasteiger partial charge in [0.25, 0.3) is 0 Å².